The summed E-state index contributed by atoms with van der Waals surface area (Å²) in [7, 11) is 0. The van der Waals surface area contributed by atoms with Crippen LogP contribution < -0.4 is 5.32 Å². The molecule has 1 heterocycles. The summed E-state index contributed by atoms with van der Waals surface area (Å²) in [5.41, 5.74) is 2.34. The fraction of sp³-hybridized carbons (Fsp3) is 0.556. The van der Waals surface area contributed by atoms with Crippen molar-refractivity contribution in [1.29, 1.82) is 0 Å². The molecule has 1 aromatic rings. The van der Waals surface area contributed by atoms with Crippen LogP contribution in [0.5, 0.6) is 0 Å². The van der Waals surface area contributed by atoms with Crippen molar-refractivity contribution in [3.63, 3.8) is 0 Å². The average molecular weight is 318 g/mol. The van der Waals surface area contributed by atoms with Crippen LogP contribution >= 0.6 is 0 Å². The van der Waals surface area contributed by atoms with Gasteiger partial charge in [0.1, 0.15) is 0 Å². The highest BCUT2D eigenvalue weighted by Gasteiger charge is 2.24. The van der Waals surface area contributed by atoms with E-state index >= 15 is 0 Å². The Balaban J connectivity index is 1.67. The van der Waals surface area contributed by atoms with Crippen LogP contribution in [0, 0.1) is 12.8 Å². The van der Waals surface area contributed by atoms with Crippen molar-refractivity contribution in [2.45, 2.75) is 39.2 Å². The van der Waals surface area contributed by atoms with Crippen molar-refractivity contribution >= 4 is 11.9 Å². The van der Waals surface area contributed by atoms with Crippen LogP contribution in [0.1, 0.15) is 36.8 Å². The number of hydrogen-bond acceptors (Lipinski definition) is 3. The van der Waals surface area contributed by atoms with Crippen molar-refractivity contribution in [3.05, 3.63) is 35.4 Å². The molecule has 0 unspecified atom stereocenters. The minimum Gasteiger partial charge on any atom is -0.481 e. The zero-order valence-electron chi connectivity index (χ0n) is 13.8. The van der Waals surface area contributed by atoms with E-state index in [4.69, 9.17) is 5.11 Å². The van der Waals surface area contributed by atoms with Gasteiger partial charge in [-0.1, -0.05) is 29.8 Å². The lowest BCUT2D eigenvalue weighted by molar-refractivity contribution is -0.137. The van der Waals surface area contributed by atoms with E-state index in [1.54, 1.807) is 0 Å². The number of nitrogens with one attached hydrogen (secondary N) is 1. The molecule has 2 rings (SSSR count). The SMILES string of the molecule is Cc1ccc(CNC(=O)C2CCN(CCCC(=O)O)CC2)cc1. The van der Waals surface area contributed by atoms with Crippen molar-refractivity contribution in [1.82, 2.24) is 10.2 Å². The van der Waals surface area contributed by atoms with Gasteiger partial charge in [-0.3, -0.25) is 9.59 Å². The van der Waals surface area contributed by atoms with Gasteiger partial charge in [0.15, 0.2) is 0 Å². The number of hydrogen-bond donors (Lipinski definition) is 2. The van der Waals surface area contributed by atoms with E-state index in [0.717, 1.165) is 38.0 Å². The number of carbonyl (C=O) groups is 2. The number of aliphatic carboxylic acids is 1. The van der Waals surface area contributed by atoms with Crippen LogP contribution in [0.15, 0.2) is 24.3 Å². The zero-order valence-corrected chi connectivity index (χ0v) is 13.8. The number of rotatable bonds is 7. The number of piperidine rings is 1. The summed E-state index contributed by atoms with van der Waals surface area (Å²) in [5, 5.41) is 11.7. The smallest absolute Gasteiger partial charge is 0.303 e. The number of carboxylic acid groups (broad SMARTS) is 1. The fourth-order valence-corrected chi connectivity index (χ4v) is 2.91. The summed E-state index contributed by atoms with van der Waals surface area (Å²) < 4.78 is 0. The van der Waals surface area contributed by atoms with Crippen LogP contribution in [0.4, 0.5) is 0 Å². The second-order valence-electron chi connectivity index (χ2n) is 6.32. The standard InChI is InChI=1S/C18H26N2O3/c1-14-4-6-15(7-5-14)13-19-18(23)16-8-11-20(12-9-16)10-2-3-17(21)22/h4-7,16H,2-3,8-13H2,1H3,(H,19,23)(H,21,22). The first-order valence-electron chi connectivity index (χ1n) is 8.32. The van der Waals surface area contributed by atoms with Crippen LogP contribution in [-0.2, 0) is 16.1 Å². The lowest BCUT2D eigenvalue weighted by atomic mass is 9.95. The predicted molar refractivity (Wildman–Crippen MR) is 89.1 cm³/mol. The second-order valence-corrected chi connectivity index (χ2v) is 6.32. The summed E-state index contributed by atoms with van der Waals surface area (Å²) in [6.07, 6.45) is 2.61. The van der Waals surface area contributed by atoms with Gasteiger partial charge in [-0.2, -0.15) is 0 Å². The molecule has 1 fully saturated rings. The zero-order chi connectivity index (χ0) is 16.7. The molecule has 1 aliphatic rings. The van der Waals surface area contributed by atoms with Crippen molar-refractivity contribution in [2.75, 3.05) is 19.6 Å². The van der Waals surface area contributed by atoms with Gasteiger partial charge < -0.3 is 15.3 Å². The molecule has 0 radical (unpaired) electrons. The van der Waals surface area contributed by atoms with E-state index in [2.05, 4.69) is 22.3 Å². The normalized spacial score (nSPS) is 16.2. The van der Waals surface area contributed by atoms with E-state index < -0.39 is 5.97 Å². The van der Waals surface area contributed by atoms with Crippen molar-refractivity contribution in [2.24, 2.45) is 5.92 Å². The molecule has 1 aromatic carbocycles. The van der Waals surface area contributed by atoms with Gasteiger partial charge in [-0.05, 0) is 51.4 Å². The Morgan fingerprint density at radius 3 is 2.48 bits per heavy atom. The minimum absolute atomic E-state index is 0.0798. The molecule has 0 atom stereocenters. The fourth-order valence-electron chi connectivity index (χ4n) is 2.91. The number of nitrogens with zero attached hydrogens (tertiary/aromatic N) is 1. The van der Waals surface area contributed by atoms with Crippen LogP contribution in [0.2, 0.25) is 0 Å². The maximum absolute atomic E-state index is 12.2. The molecule has 0 aliphatic carbocycles. The van der Waals surface area contributed by atoms with Gasteiger partial charge in [0.2, 0.25) is 5.91 Å². The highest BCUT2D eigenvalue weighted by Crippen LogP contribution is 2.18. The molecule has 0 spiro atoms. The summed E-state index contributed by atoms with van der Waals surface area (Å²) >= 11 is 0. The summed E-state index contributed by atoms with van der Waals surface area (Å²) in [6, 6.07) is 8.19. The number of likely N-dealkylation sites (tertiary alicyclic amines) is 1. The lowest BCUT2D eigenvalue weighted by Crippen LogP contribution is -2.40. The van der Waals surface area contributed by atoms with E-state index in [1.807, 2.05) is 19.1 Å². The molecular formula is C18H26N2O3. The quantitative estimate of drug-likeness (QED) is 0.808. The van der Waals surface area contributed by atoms with E-state index in [1.165, 1.54) is 5.56 Å². The molecule has 0 bridgehead atoms. The first kappa shape index (κ1) is 17.5. The Hall–Kier alpha value is -1.88. The van der Waals surface area contributed by atoms with Gasteiger partial charge in [-0.25, -0.2) is 0 Å². The van der Waals surface area contributed by atoms with E-state index in [0.29, 0.717) is 13.0 Å². The number of carbonyl (C=O) groups excluding carboxylic acids is 1. The maximum atomic E-state index is 12.2. The molecule has 1 amide bonds. The number of carboxylic acids is 1. The van der Waals surface area contributed by atoms with Gasteiger partial charge in [-0.15, -0.1) is 0 Å². The molecule has 0 aromatic heterocycles. The van der Waals surface area contributed by atoms with Crippen LogP contribution in [0.25, 0.3) is 0 Å². The lowest BCUT2D eigenvalue weighted by Gasteiger charge is -2.31. The minimum atomic E-state index is -0.740. The topological polar surface area (TPSA) is 69.6 Å². The first-order valence-corrected chi connectivity index (χ1v) is 8.32. The number of aryl methyl sites for hydroxylation is 1. The van der Waals surface area contributed by atoms with Gasteiger partial charge in [0.25, 0.3) is 0 Å². The highest BCUT2D eigenvalue weighted by atomic mass is 16.4. The van der Waals surface area contributed by atoms with Gasteiger partial charge >= 0.3 is 5.97 Å². The Labute approximate surface area is 137 Å². The predicted octanol–water partition coefficient (Wildman–Crippen LogP) is 2.19. The molecular weight excluding hydrogens is 292 g/mol. The molecule has 5 nitrogen and oxygen atoms in total. The third kappa shape index (κ3) is 6.02. The Morgan fingerprint density at radius 1 is 1.22 bits per heavy atom. The molecule has 5 heteroatoms. The third-order valence-corrected chi connectivity index (χ3v) is 4.41. The largest absolute Gasteiger partial charge is 0.481 e. The molecule has 1 aliphatic heterocycles. The Bertz CT molecular complexity index is 520. The van der Waals surface area contributed by atoms with Gasteiger partial charge in [0.05, 0.1) is 0 Å². The Kier molecular flexibility index (Phi) is 6.59. The maximum Gasteiger partial charge on any atom is 0.303 e. The first-order chi connectivity index (χ1) is 11.0. The molecule has 23 heavy (non-hydrogen) atoms. The third-order valence-electron chi connectivity index (χ3n) is 4.41. The van der Waals surface area contributed by atoms with Crippen molar-refractivity contribution in [3.8, 4) is 0 Å². The monoisotopic (exact) mass is 318 g/mol. The Morgan fingerprint density at radius 2 is 1.87 bits per heavy atom. The summed E-state index contributed by atoms with van der Waals surface area (Å²) in [4.78, 5) is 25.0. The van der Waals surface area contributed by atoms with Crippen LogP contribution in [-0.4, -0.2) is 41.5 Å². The van der Waals surface area contributed by atoms with Gasteiger partial charge in [0, 0.05) is 18.9 Å². The van der Waals surface area contributed by atoms with Crippen LogP contribution in [0.3, 0.4) is 0 Å². The average Bonchev–Trinajstić information content (AvgIpc) is 2.54. The molecule has 0 saturated carbocycles. The van der Waals surface area contributed by atoms with E-state index in [9.17, 15) is 9.59 Å². The summed E-state index contributed by atoms with van der Waals surface area (Å²) in [5.74, 6) is -0.526. The molecule has 2 N–H and O–H groups in total. The number of benzene rings is 1. The molecule has 126 valence electrons. The number of amides is 1. The highest BCUT2D eigenvalue weighted by molar-refractivity contribution is 5.78. The van der Waals surface area contributed by atoms with E-state index in [-0.39, 0.29) is 18.2 Å². The van der Waals surface area contributed by atoms with Crippen molar-refractivity contribution < 1.29 is 14.7 Å². The summed E-state index contributed by atoms with van der Waals surface area (Å²) in [6.45, 7) is 5.19. The second kappa shape index (κ2) is 8.67. The molecule has 1 saturated heterocycles.